The van der Waals surface area contributed by atoms with Crippen LogP contribution in [0, 0.1) is 0 Å². The molecule has 0 aliphatic heterocycles. The molecule has 0 bridgehead atoms. The maximum Gasteiger partial charge on any atom is 0.469 e. The molecular weight excluding hydrogens is 507 g/mol. The molecule has 0 saturated carbocycles. The lowest BCUT2D eigenvalue weighted by atomic mass is 10.1. The van der Waals surface area contributed by atoms with E-state index < -0.39 is 32.5 Å². The fourth-order valence-electron chi connectivity index (χ4n) is 3.75. The standard InChI is InChI=1S/C29H53O8P/c1-3-5-7-9-10-11-12-13-14-15-16-17-18-19-20-22-24-29(31)37-27(26-36-38(32,33)34)25-35-28(30)23-21-8-6-4-2/h11-12,14-15,27H,3-10,13,16-26H2,1-2H3,(H2,32,33,34)/b12-11-,15-14-. The van der Waals surface area contributed by atoms with Gasteiger partial charge in [0.2, 0.25) is 0 Å². The van der Waals surface area contributed by atoms with E-state index in [1.165, 1.54) is 32.1 Å². The number of rotatable bonds is 26. The van der Waals surface area contributed by atoms with Crippen molar-refractivity contribution in [2.45, 2.75) is 136 Å². The third-order valence-corrected chi connectivity index (χ3v) is 6.46. The minimum absolute atomic E-state index is 0.196. The zero-order chi connectivity index (χ0) is 28.3. The van der Waals surface area contributed by atoms with Gasteiger partial charge >= 0.3 is 19.8 Å². The zero-order valence-electron chi connectivity index (χ0n) is 23.8. The van der Waals surface area contributed by atoms with E-state index in [-0.39, 0.29) is 19.4 Å². The second-order valence-corrected chi connectivity index (χ2v) is 11.0. The van der Waals surface area contributed by atoms with E-state index in [9.17, 15) is 14.2 Å². The summed E-state index contributed by atoms with van der Waals surface area (Å²) in [6.45, 7) is 3.47. The van der Waals surface area contributed by atoms with Crippen molar-refractivity contribution in [3.05, 3.63) is 24.3 Å². The summed E-state index contributed by atoms with van der Waals surface area (Å²) in [4.78, 5) is 41.9. The lowest BCUT2D eigenvalue weighted by Gasteiger charge is -2.18. The highest BCUT2D eigenvalue weighted by atomic mass is 31.2. The lowest BCUT2D eigenvalue weighted by Crippen LogP contribution is -2.29. The Morgan fingerprint density at radius 1 is 0.684 bits per heavy atom. The van der Waals surface area contributed by atoms with Crippen molar-refractivity contribution in [1.29, 1.82) is 0 Å². The molecule has 0 spiro atoms. The summed E-state index contributed by atoms with van der Waals surface area (Å²) in [7, 11) is -4.73. The number of esters is 2. The lowest BCUT2D eigenvalue weighted by molar-refractivity contribution is -0.161. The van der Waals surface area contributed by atoms with Gasteiger partial charge in [-0.3, -0.25) is 14.1 Å². The van der Waals surface area contributed by atoms with Crippen LogP contribution in [0.2, 0.25) is 0 Å². The quantitative estimate of drug-likeness (QED) is 0.0477. The molecule has 2 N–H and O–H groups in total. The number of hydrogen-bond donors (Lipinski definition) is 2. The molecule has 38 heavy (non-hydrogen) atoms. The van der Waals surface area contributed by atoms with Gasteiger partial charge in [-0.2, -0.15) is 0 Å². The second-order valence-electron chi connectivity index (χ2n) is 9.73. The molecule has 0 fully saturated rings. The molecule has 1 unspecified atom stereocenters. The molecule has 0 aliphatic rings. The van der Waals surface area contributed by atoms with Gasteiger partial charge in [0, 0.05) is 12.8 Å². The maximum atomic E-state index is 12.2. The SMILES string of the molecule is CCCCCC/C=C\C/C=C\CCCCCCCC(=O)OC(COC(=O)CCCCCC)COP(=O)(O)O. The third kappa shape index (κ3) is 27.6. The Kier molecular flexibility index (Phi) is 24.8. The number of carbonyl (C=O) groups is 2. The van der Waals surface area contributed by atoms with E-state index in [4.69, 9.17) is 19.3 Å². The fourth-order valence-corrected chi connectivity index (χ4v) is 4.11. The Balaban J connectivity index is 3.99. The summed E-state index contributed by atoms with van der Waals surface area (Å²) in [5.41, 5.74) is 0. The minimum Gasteiger partial charge on any atom is -0.462 e. The highest BCUT2D eigenvalue weighted by Gasteiger charge is 2.22. The molecule has 0 radical (unpaired) electrons. The molecule has 0 heterocycles. The summed E-state index contributed by atoms with van der Waals surface area (Å²) in [6.07, 6.45) is 25.3. The largest absolute Gasteiger partial charge is 0.469 e. The normalized spacial score (nSPS) is 12.8. The zero-order valence-corrected chi connectivity index (χ0v) is 24.7. The number of unbranched alkanes of at least 4 members (excludes halogenated alkanes) is 12. The van der Waals surface area contributed by atoms with E-state index in [1.54, 1.807) is 0 Å². The van der Waals surface area contributed by atoms with Gasteiger partial charge in [0.15, 0.2) is 6.10 Å². The molecule has 0 aromatic heterocycles. The predicted octanol–water partition coefficient (Wildman–Crippen LogP) is 7.72. The Labute approximate surface area is 230 Å². The van der Waals surface area contributed by atoms with E-state index in [2.05, 4.69) is 42.7 Å². The average molecular weight is 561 g/mol. The first kappa shape index (κ1) is 36.5. The summed E-state index contributed by atoms with van der Waals surface area (Å²) >= 11 is 0. The molecule has 1 atom stereocenters. The molecule has 0 aromatic rings. The summed E-state index contributed by atoms with van der Waals surface area (Å²) in [5.74, 6) is -0.924. The summed E-state index contributed by atoms with van der Waals surface area (Å²) in [5, 5.41) is 0. The van der Waals surface area contributed by atoms with Crippen LogP contribution in [0.3, 0.4) is 0 Å². The Morgan fingerprint density at radius 2 is 1.18 bits per heavy atom. The number of phosphoric acid groups is 1. The van der Waals surface area contributed by atoms with Crippen molar-refractivity contribution in [2.24, 2.45) is 0 Å². The first-order valence-electron chi connectivity index (χ1n) is 14.6. The first-order valence-corrected chi connectivity index (χ1v) is 16.2. The number of phosphoric ester groups is 1. The van der Waals surface area contributed by atoms with Crippen LogP contribution in [0.5, 0.6) is 0 Å². The Bertz CT molecular complexity index is 686. The molecule has 0 aromatic carbocycles. The second kappa shape index (κ2) is 25.8. The topological polar surface area (TPSA) is 119 Å². The van der Waals surface area contributed by atoms with Crippen LogP contribution in [0.15, 0.2) is 24.3 Å². The minimum atomic E-state index is -4.73. The van der Waals surface area contributed by atoms with Crippen molar-refractivity contribution < 1.29 is 37.9 Å². The van der Waals surface area contributed by atoms with Gasteiger partial charge in [0.05, 0.1) is 6.61 Å². The van der Waals surface area contributed by atoms with Gasteiger partial charge < -0.3 is 19.3 Å². The number of ether oxygens (including phenoxy) is 2. The van der Waals surface area contributed by atoms with Crippen molar-refractivity contribution >= 4 is 19.8 Å². The number of hydrogen-bond acceptors (Lipinski definition) is 6. The van der Waals surface area contributed by atoms with E-state index in [0.29, 0.717) is 12.8 Å². The molecule has 0 aliphatic carbocycles. The molecule has 0 rings (SSSR count). The first-order chi connectivity index (χ1) is 18.3. The Hall–Kier alpha value is -1.47. The van der Waals surface area contributed by atoms with E-state index in [1.807, 2.05) is 0 Å². The Morgan fingerprint density at radius 3 is 1.76 bits per heavy atom. The van der Waals surface area contributed by atoms with E-state index in [0.717, 1.165) is 57.8 Å². The number of carbonyl (C=O) groups excluding carboxylic acids is 2. The maximum absolute atomic E-state index is 12.2. The van der Waals surface area contributed by atoms with Crippen LogP contribution < -0.4 is 0 Å². The van der Waals surface area contributed by atoms with Crippen LogP contribution in [0.25, 0.3) is 0 Å². The molecule has 0 saturated heterocycles. The molecule has 8 nitrogen and oxygen atoms in total. The van der Waals surface area contributed by atoms with Gasteiger partial charge in [-0.15, -0.1) is 0 Å². The highest BCUT2D eigenvalue weighted by Crippen LogP contribution is 2.35. The third-order valence-electron chi connectivity index (χ3n) is 5.97. The van der Waals surface area contributed by atoms with Crippen molar-refractivity contribution in [3.8, 4) is 0 Å². The van der Waals surface area contributed by atoms with Gasteiger partial charge in [0.25, 0.3) is 0 Å². The van der Waals surface area contributed by atoms with Crippen LogP contribution in [0.1, 0.15) is 129 Å². The van der Waals surface area contributed by atoms with Crippen LogP contribution in [-0.4, -0.2) is 41.0 Å². The summed E-state index contributed by atoms with van der Waals surface area (Å²) < 4.78 is 25.9. The van der Waals surface area contributed by atoms with Gasteiger partial charge in [-0.05, 0) is 44.9 Å². The van der Waals surface area contributed by atoms with Crippen LogP contribution in [-0.2, 0) is 28.2 Å². The van der Waals surface area contributed by atoms with Crippen molar-refractivity contribution in [1.82, 2.24) is 0 Å². The van der Waals surface area contributed by atoms with Crippen molar-refractivity contribution in [2.75, 3.05) is 13.2 Å². The van der Waals surface area contributed by atoms with Crippen molar-refractivity contribution in [3.63, 3.8) is 0 Å². The highest BCUT2D eigenvalue weighted by molar-refractivity contribution is 7.46. The van der Waals surface area contributed by atoms with Crippen LogP contribution >= 0.6 is 7.82 Å². The molecule has 9 heteroatoms. The van der Waals surface area contributed by atoms with Gasteiger partial charge in [0.1, 0.15) is 6.61 Å². The molecule has 0 amide bonds. The molecular formula is C29H53O8P. The number of allylic oxidation sites excluding steroid dienone is 4. The monoisotopic (exact) mass is 560 g/mol. The predicted molar refractivity (Wildman–Crippen MR) is 152 cm³/mol. The van der Waals surface area contributed by atoms with Gasteiger partial charge in [-0.1, -0.05) is 95.9 Å². The fraction of sp³-hybridized carbons (Fsp3) is 0.793. The molecule has 222 valence electrons. The smallest absolute Gasteiger partial charge is 0.462 e. The van der Waals surface area contributed by atoms with Crippen LogP contribution in [0.4, 0.5) is 0 Å². The van der Waals surface area contributed by atoms with E-state index >= 15 is 0 Å². The average Bonchev–Trinajstić information content (AvgIpc) is 2.87. The van der Waals surface area contributed by atoms with Gasteiger partial charge in [-0.25, -0.2) is 4.57 Å². The summed E-state index contributed by atoms with van der Waals surface area (Å²) in [6, 6.07) is 0.